The van der Waals surface area contributed by atoms with Gasteiger partial charge in [-0.1, -0.05) is 0 Å². The van der Waals surface area contributed by atoms with E-state index in [4.69, 9.17) is 9.99 Å². The van der Waals surface area contributed by atoms with Gasteiger partial charge in [0.05, 0.1) is 12.7 Å². The molecule has 3 N–H and O–H groups in total. The highest BCUT2D eigenvalue weighted by Crippen LogP contribution is 2.13. The van der Waals surface area contributed by atoms with Crippen LogP contribution in [0.4, 0.5) is 0 Å². The number of nitrogens with one attached hydrogen (secondary N) is 2. The van der Waals surface area contributed by atoms with Crippen molar-refractivity contribution in [3.8, 4) is 0 Å². The van der Waals surface area contributed by atoms with Crippen molar-refractivity contribution in [3.05, 3.63) is 0 Å². The SMILES string of the molecule is CC(C)OC(=O)C1CCC(CNCCCCCOO)N1. The molecule has 1 saturated heterocycles. The third kappa shape index (κ3) is 7.19. The molecule has 0 aromatic heterocycles. The molecule has 0 aliphatic carbocycles. The zero-order valence-corrected chi connectivity index (χ0v) is 12.6. The predicted molar refractivity (Wildman–Crippen MR) is 76.5 cm³/mol. The Morgan fingerprint density at radius 1 is 1.35 bits per heavy atom. The Balaban J connectivity index is 2.02. The second-order valence-electron chi connectivity index (χ2n) is 5.58. The van der Waals surface area contributed by atoms with Crippen molar-refractivity contribution in [3.63, 3.8) is 0 Å². The quantitative estimate of drug-likeness (QED) is 0.243. The lowest BCUT2D eigenvalue weighted by atomic mass is 10.2. The van der Waals surface area contributed by atoms with Gasteiger partial charge in [-0.15, -0.1) is 0 Å². The van der Waals surface area contributed by atoms with E-state index in [1.54, 1.807) is 0 Å². The summed E-state index contributed by atoms with van der Waals surface area (Å²) < 4.78 is 5.21. The topological polar surface area (TPSA) is 79.8 Å². The third-order valence-electron chi connectivity index (χ3n) is 3.36. The molecule has 1 heterocycles. The second-order valence-corrected chi connectivity index (χ2v) is 5.58. The first-order chi connectivity index (χ1) is 9.63. The molecule has 1 fully saturated rings. The van der Waals surface area contributed by atoms with Gasteiger partial charge in [0.1, 0.15) is 6.04 Å². The number of hydrogen-bond donors (Lipinski definition) is 3. The minimum atomic E-state index is -0.147. The lowest BCUT2D eigenvalue weighted by molar-refractivity contribution is -0.242. The molecule has 0 spiro atoms. The first-order valence-corrected chi connectivity index (χ1v) is 7.57. The molecular weight excluding hydrogens is 260 g/mol. The number of unbranched alkanes of at least 4 members (excludes halogenated alkanes) is 2. The average molecular weight is 288 g/mol. The van der Waals surface area contributed by atoms with Gasteiger partial charge in [0.2, 0.25) is 0 Å². The highest BCUT2D eigenvalue weighted by Gasteiger charge is 2.30. The molecule has 1 aliphatic heterocycles. The number of hydrogen-bond acceptors (Lipinski definition) is 6. The largest absolute Gasteiger partial charge is 0.462 e. The van der Waals surface area contributed by atoms with Gasteiger partial charge in [-0.05, 0) is 52.5 Å². The smallest absolute Gasteiger partial charge is 0.323 e. The summed E-state index contributed by atoms with van der Waals surface area (Å²) in [4.78, 5) is 15.8. The summed E-state index contributed by atoms with van der Waals surface area (Å²) in [6.45, 7) is 5.97. The number of carbonyl (C=O) groups excluding carboxylic acids is 1. The van der Waals surface area contributed by atoms with Crippen molar-refractivity contribution >= 4 is 5.97 Å². The van der Waals surface area contributed by atoms with Crippen molar-refractivity contribution < 1.29 is 19.7 Å². The fourth-order valence-corrected chi connectivity index (χ4v) is 2.35. The summed E-state index contributed by atoms with van der Waals surface area (Å²) in [6, 6.07) is 0.200. The van der Waals surface area contributed by atoms with Crippen LogP contribution >= 0.6 is 0 Å². The van der Waals surface area contributed by atoms with Crippen LogP contribution in [0.2, 0.25) is 0 Å². The molecule has 0 bridgehead atoms. The van der Waals surface area contributed by atoms with Crippen LogP contribution < -0.4 is 10.6 Å². The maximum atomic E-state index is 11.7. The van der Waals surface area contributed by atoms with Gasteiger partial charge in [0.25, 0.3) is 0 Å². The van der Waals surface area contributed by atoms with Gasteiger partial charge in [-0.2, -0.15) is 0 Å². The molecule has 6 heteroatoms. The molecule has 0 aromatic rings. The van der Waals surface area contributed by atoms with Crippen molar-refractivity contribution in [2.45, 2.75) is 64.1 Å². The number of carbonyl (C=O) groups is 1. The highest BCUT2D eigenvalue weighted by atomic mass is 17.1. The molecule has 1 aliphatic rings. The van der Waals surface area contributed by atoms with Gasteiger partial charge in [-0.25, -0.2) is 4.89 Å². The van der Waals surface area contributed by atoms with E-state index >= 15 is 0 Å². The molecule has 118 valence electrons. The predicted octanol–water partition coefficient (Wildman–Crippen LogP) is 1.31. The van der Waals surface area contributed by atoms with Crippen LogP contribution in [-0.4, -0.2) is 49.1 Å². The Kier molecular flexibility index (Phi) is 8.77. The highest BCUT2D eigenvalue weighted by molar-refractivity contribution is 5.76. The second kappa shape index (κ2) is 10.1. The normalized spacial score (nSPS) is 22.4. The Hall–Kier alpha value is -0.690. The number of esters is 1. The fourth-order valence-electron chi connectivity index (χ4n) is 2.35. The Morgan fingerprint density at radius 2 is 2.15 bits per heavy atom. The van der Waals surface area contributed by atoms with Gasteiger partial charge in [-0.3, -0.25) is 10.1 Å². The maximum Gasteiger partial charge on any atom is 0.323 e. The Morgan fingerprint density at radius 3 is 2.85 bits per heavy atom. The standard InChI is InChI=1S/C14H28N2O4/c1-11(2)20-14(17)13-7-6-12(16-13)10-15-8-4-3-5-9-19-18/h11-13,15-16,18H,3-10H2,1-2H3. The van der Waals surface area contributed by atoms with Gasteiger partial charge in [0, 0.05) is 12.6 Å². The van der Waals surface area contributed by atoms with E-state index < -0.39 is 0 Å². The van der Waals surface area contributed by atoms with E-state index in [0.29, 0.717) is 12.6 Å². The van der Waals surface area contributed by atoms with Gasteiger partial charge in [0.15, 0.2) is 0 Å². The third-order valence-corrected chi connectivity index (χ3v) is 3.36. The van der Waals surface area contributed by atoms with Gasteiger partial charge < -0.3 is 15.4 Å². The molecule has 6 nitrogen and oxygen atoms in total. The van der Waals surface area contributed by atoms with E-state index in [1.165, 1.54) is 0 Å². The van der Waals surface area contributed by atoms with Crippen LogP contribution in [0, 0.1) is 0 Å². The average Bonchev–Trinajstić information content (AvgIpc) is 2.86. The summed E-state index contributed by atoms with van der Waals surface area (Å²) in [6.07, 6.45) is 4.78. The van der Waals surface area contributed by atoms with Crippen LogP contribution in [-0.2, 0) is 14.4 Å². The lowest BCUT2D eigenvalue weighted by Crippen LogP contribution is -2.42. The van der Waals surface area contributed by atoms with Crippen molar-refractivity contribution in [2.75, 3.05) is 19.7 Å². The molecule has 0 amide bonds. The first-order valence-electron chi connectivity index (χ1n) is 7.57. The van der Waals surface area contributed by atoms with E-state index in [1.807, 2.05) is 13.8 Å². The fraction of sp³-hybridized carbons (Fsp3) is 0.929. The molecule has 2 atom stereocenters. The number of rotatable bonds is 10. The number of ether oxygens (including phenoxy) is 1. The zero-order valence-electron chi connectivity index (χ0n) is 12.6. The zero-order chi connectivity index (χ0) is 14.8. The van der Waals surface area contributed by atoms with Crippen molar-refractivity contribution in [1.29, 1.82) is 0 Å². The van der Waals surface area contributed by atoms with Crippen LogP contribution in [0.3, 0.4) is 0 Å². The maximum absolute atomic E-state index is 11.7. The summed E-state index contributed by atoms with van der Waals surface area (Å²) in [7, 11) is 0. The lowest BCUT2D eigenvalue weighted by Gasteiger charge is -2.16. The Bertz CT molecular complexity index is 274. The van der Waals surface area contributed by atoms with Crippen molar-refractivity contribution in [1.82, 2.24) is 10.6 Å². The summed E-state index contributed by atoms with van der Waals surface area (Å²) in [5.41, 5.74) is 0. The van der Waals surface area contributed by atoms with E-state index in [-0.39, 0.29) is 18.1 Å². The van der Waals surface area contributed by atoms with E-state index in [9.17, 15) is 4.79 Å². The molecule has 1 rings (SSSR count). The summed E-state index contributed by atoms with van der Waals surface area (Å²) in [5.74, 6) is -0.133. The molecular formula is C14H28N2O4. The monoisotopic (exact) mass is 288 g/mol. The summed E-state index contributed by atoms with van der Waals surface area (Å²) >= 11 is 0. The molecule has 20 heavy (non-hydrogen) atoms. The van der Waals surface area contributed by atoms with Crippen LogP contribution in [0.15, 0.2) is 0 Å². The minimum Gasteiger partial charge on any atom is -0.462 e. The molecule has 0 radical (unpaired) electrons. The first kappa shape index (κ1) is 17.4. The Labute approximate surface area is 121 Å². The molecule has 2 unspecified atom stereocenters. The van der Waals surface area contributed by atoms with Gasteiger partial charge >= 0.3 is 5.97 Å². The van der Waals surface area contributed by atoms with Crippen molar-refractivity contribution in [2.24, 2.45) is 0 Å². The van der Waals surface area contributed by atoms with E-state index in [2.05, 4.69) is 15.5 Å². The molecule has 0 aromatic carbocycles. The van der Waals surface area contributed by atoms with Crippen LogP contribution in [0.1, 0.15) is 46.0 Å². The van der Waals surface area contributed by atoms with Crippen LogP contribution in [0.25, 0.3) is 0 Å². The summed E-state index contributed by atoms with van der Waals surface area (Å²) in [5, 5.41) is 14.9. The molecule has 0 saturated carbocycles. The van der Waals surface area contributed by atoms with E-state index in [0.717, 1.165) is 45.2 Å². The minimum absolute atomic E-state index is 0.0515. The van der Waals surface area contributed by atoms with Crippen LogP contribution in [0.5, 0.6) is 0 Å².